The third kappa shape index (κ3) is 6.81. The third-order valence-corrected chi connectivity index (χ3v) is 1.62. The van der Waals surface area contributed by atoms with Crippen LogP contribution in [0.4, 0.5) is 0 Å². The number of rotatable bonds is 8. The normalized spacial score (nSPS) is 11.5. The summed E-state index contributed by atoms with van der Waals surface area (Å²) in [6, 6.07) is -1.07. The Bertz CT molecular complexity index is 271. The molecule has 0 unspecified atom stereocenters. The van der Waals surface area contributed by atoms with E-state index in [9.17, 15) is 9.59 Å². The zero-order chi connectivity index (χ0) is 12.4. The predicted octanol–water partition coefficient (Wildman–Crippen LogP) is -0.758. The second-order valence-corrected chi connectivity index (χ2v) is 2.91. The molecule has 0 rings (SSSR count). The van der Waals surface area contributed by atoms with E-state index in [0.717, 1.165) is 0 Å². The number of terminal acetylenes is 1. The van der Waals surface area contributed by atoms with Crippen LogP contribution in [0.15, 0.2) is 0 Å². The second kappa shape index (κ2) is 8.71. The molecule has 6 heteroatoms. The Kier molecular flexibility index (Phi) is 7.85. The highest BCUT2D eigenvalue weighted by Crippen LogP contribution is 1.91. The Morgan fingerprint density at radius 3 is 2.69 bits per heavy atom. The fourth-order valence-electron chi connectivity index (χ4n) is 0.861. The molecule has 0 aromatic rings. The van der Waals surface area contributed by atoms with Gasteiger partial charge in [0.1, 0.15) is 12.6 Å². The van der Waals surface area contributed by atoms with Crippen molar-refractivity contribution >= 4 is 11.9 Å². The molecule has 0 saturated heterocycles. The van der Waals surface area contributed by atoms with Crippen molar-refractivity contribution in [1.29, 1.82) is 0 Å². The first-order chi connectivity index (χ1) is 7.61. The van der Waals surface area contributed by atoms with Gasteiger partial charge >= 0.3 is 5.97 Å². The predicted molar refractivity (Wildman–Crippen MR) is 55.7 cm³/mol. The van der Waals surface area contributed by atoms with Crippen molar-refractivity contribution < 1.29 is 24.2 Å². The molecule has 90 valence electrons. The van der Waals surface area contributed by atoms with Crippen LogP contribution in [0, 0.1) is 12.3 Å². The lowest BCUT2D eigenvalue weighted by Gasteiger charge is -2.11. The molecule has 0 aliphatic heterocycles. The molecule has 6 nitrogen and oxygen atoms in total. The summed E-state index contributed by atoms with van der Waals surface area (Å²) >= 11 is 0. The fraction of sp³-hybridized carbons (Fsp3) is 0.600. The highest BCUT2D eigenvalue weighted by Gasteiger charge is 2.18. The van der Waals surface area contributed by atoms with E-state index in [-0.39, 0.29) is 19.6 Å². The minimum absolute atomic E-state index is 0.0564. The minimum Gasteiger partial charge on any atom is -0.480 e. The molecule has 0 heterocycles. The zero-order valence-corrected chi connectivity index (χ0v) is 9.06. The van der Waals surface area contributed by atoms with Gasteiger partial charge in [0.05, 0.1) is 13.2 Å². The van der Waals surface area contributed by atoms with Crippen molar-refractivity contribution in [3.63, 3.8) is 0 Å². The number of ether oxygens (including phenoxy) is 2. The Labute approximate surface area is 93.9 Å². The van der Waals surface area contributed by atoms with Gasteiger partial charge in [0, 0.05) is 13.5 Å². The first-order valence-electron chi connectivity index (χ1n) is 4.64. The molecule has 0 bridgehead atoms. The summed E-state index contributed by atoms with van der Waals surface area (Å²) in [7, 11) is 1.51. The summed E-state index contributed by atoms with van der Waals surface area (Å²) in [6.45, 7) is 0.439. The van der Waals surface area contributed by atoms with E-state index < -0.39 is 17.9 Å². The van der Waals surface area contributed by atoms with E-state index >= 15 is 0 Å². The lowest BCUT2D eigenvalue weighted by Crippen LogP contribution is -2.42. The summed E-state index contributed by atoms with van der Waals surface area (Å²) < 4.78 is 9.62. The first kappa shape index (κ1) is 14.4. The van der Waals surface area contributed by atoms with Crippen LogP contribution in [0.2, 0.25) is 0 Å². The van der Waals surface area contributed by atoms with E-state index in [4.69, 9.17) is 21.0 Å². The molecule has 0 aromatic heterocycles. The minimum atomic E-state index is -1.16. The number of amides is 1. The Morgan fingerprint density at radius 1 is 1.50 bits per heavy atom. The number of aliphatic carboxylic acids is 1. The standard InChI is InChI=1S/C10H15NO5/c1-3-4-8(10(13)14)11-9(12)7-16-6-5-15-2/h1,8H,4-7H2,2H3,(H,11,12)(H,13,14)/t8-/m1/s1. The molecular formula is C10H15NO5. The van der Waals surface area contributed by atoms with E-state index in [1.54, 1.807) is 0 Å². The van der Waals surface area contributed by atoms with E-state index in [1.165, 1.54) is 7.11 Å². The maximum Gasteiger partial charge on any atom is 0.327 e. The monoisotopic (exact) mass is 229 g/mol. The summed E-state index contributed by atoms with van der Waals surface area (Å²) in [5, 5.41) is 10.9. The molecule has 0 aliphatic carbocycles. The molecule has 1 atom stereocenters. The van der Waals surface area contributed by atoms with Gasteiger partial charge in [-0.05, 0) is 0 Å². The van der Waals surface area contributed by atoms with Gasteiger partial charge in [-0.2, -0.15) is 0 Å². The highest BCUT2D eigenvalue weighted by atomic mass is 16.5. The van der Waals surface area contributed by atoms with Crippen molar-refractivity contribution in [2.75, 3.05) is 26.9 Å². The Balaban J connectivity index is 3.83. The quantitative estimate of drug-likeness (QED) is 0.422. The van der Waals surface area contributed by atoms with Crippen molar-refractivity contribution in [3.05, 3.63) is 0 Å². The van der Waals surface area contributed by atoms with Gasteiger partial charge in [0.25, 0.3) is 0 Å². The van der Waals surface area contributed by atoms with Crippen LogP contribution in [0.1, 0.15) is 6.42 Å². The van der Waals surface area contributed by atoms with Crippen molar-refractivity contribution in [1.82, 2.24) is 5.32 Å². The largest absolute Gasteiger partial charge is 0.480 e. The van der Waals surface area contributed by atoms with E-state index in [0.29, 0.717) is 6.61 Å². The number of carboxylic acids is 1. The number of nitrogens with one attached hydrogen (secondary N) is 1. The van der Waals surface area contributed by atoms with Crippen molar-refractivity contribution in [2.45, 2.75) is 12.5 Å². The summed E-state index contributed by atoms with van der Waals surface area (Å²) in [6.07, 6.45) is 4.91. The van der Waals surface area contributed by atoms with Gasteiger partial charge in [-0.1, -0.05) is 0 Å². The van der Waals surface area contributed by atoms with Crippen molar-refractivity contribution in [3.8, 4) is 12.3 Å². The molecule has 2 N–H and O–H groups in total. The summed E-state index contributed by atoms with van der Waals surface area (Å²) in [5.41, 5.74) is 0. The Morgan fingerprint density at radius 2 is 2.19 bits per heavy atom. The second-order valence-electron chi connectivity index (χ2n) is 2.91. The van der Waals surface area contributed by atoms with Crippen LogP contribution >= 0.6 is 0 Å². The van der Waals surface area contributed by atoms with Crippen LogP contribution < -0.4 is 5.32 Å². The van der Waals surface area contributed by atoms with Crippen LogP contribution in [0.3, 0.4) is 0 Å². The topological polar surface area (TPSA) is 84.9 Å². The van der Waals surface area contributed by atoms with Crippen LogP contribution in [-0.4, -0.2) is 50.0 Å². The average molecular weight is 229 g/mol. The zero-order valence-electron chi connectivity index (χ0n) is 9.06. The molecule has 0 fully saturated rings. The van der Waals surface area contributed by atoms with Crippen molar-refractivity contribution in [2.24, 2.45) is 0 Å². The SMILES string of the molecule is C#CC[C@@H](NC(=O)COCCOC)C(=O)O. The molecule has 0 spiro atoms. The number of carboxylic acid groups (broad SMARTS) is 1. The maximum atomic E-state index is 11.2. The molecule has 16 heavy (non-hydrogen) atoms. The van der Waals surface area contributed by atoms with E-state index in [1.807, 2.05) is 0 Å². The van der Waals surface area contributed by atoms with Gasteiger partial charge in [-0.15, -0.1) is 12.3 Å². The Hall–Kier alpha value is -1.58. The maximum absolute atomic E-state index is 11.2. The molecule has 1 amide bonds. The number of hydrogen-bond donors (Lipinski definition) is 2. The lowest BCUT2D eigenvalue weighted by atomic mass is 10.2. The number of carbonyl (C=O) groups is 2. The smallest absolute Gasteiger partial charge is 0.327 e. The highest BCUT2D eigenvalue weighted by molar-refractivity contribution is 5.84. The molecule has 0 aliphatic rings. The third-order valence-electron chi connectivity index (χ3n) is 1.62. The number of methoxy groups -OCH3 is 1. The van der Waals surface area contributed by atoms with Gasteiger partial charge < -0.3 is 19.9 Å². The molecular weight excluding hydrogens is 214 g/mol. The van der Waals surface area contributed by atoms with Gasteiger partial charge in [-0.25, -0.2) is 4.79 Å². The van der Waals surface area contributed by atoms with Gasteiger partial charge in [0.2, 0.25) is 5.91 Å². The molecule has 0 radical (unpaired) electrons. The first-order valence-corrected chi connectivity index (χ1v) is 4.64. The molecule has 0 aromatic carbocycles. The van der Waals surface area contributed by atoms with Crippen LogP contribution in [0.5, 0.6) is 0 Å². The van der Waals surface area contributed by atoms with Crippen LogP contribution in [0.25, 0.3) is 0 Å². The average Bonchev–Trinajstić information content (AvgIpc) is 2.23. The number of carbonyl (C=O) groups excluding carboxylic acids is 1. The summed E-state index contributed by atoms with van der Waals surface area (Å²) in [5.74, 6) is 0.496. The lowest BCUT2D eigenvalue weighted by molar-refractivity contribution is -0.142. The fourth-order valence-corrected chi connectivity index (χ4v) is 0.861. The number of hydrogen-bond acceptors (Lipinski definition) is 4. The molecule has 0 saturated carbocycles. The van der Waals surface area contributed by atoms with Gasteiger partial charge in [-0.3, -0.25) is 4.79 Å². The van der Waals surface area contributed by atoms with Gasteiger partial charge in [0.15, 0.2) is 0 Å². The summed E-state index contributed by atoms with van der Waals surface area (Å²) in [4.78, 5) is 21.8. The van der Waals surface area contributed by atoms with Crippen LogP contribution in [-0.2, 0) is 19.1 Å². The van der Waals surface area contributed by atoms with E-state index in [2.05, 4.69) is 11.2 Å².